The Morgan fingerprint density at radius 1 is 1.05 bits per heavy atom. The number of hydrogen-bond acceptors (Lipinski definition) is 5. The van der Waals surface area contributed by atoms with E-state index in [2.05, 4.69) is 26.6 Å². The van der Waals surface area contributed by atoms with Gasteiger partial charge < -0.3 is 20.1 Å². The van der Waals surface area contributed by atoms with E-state index in [9.17, 15) is 19.2 Å². The molecule has 0 aliphatic carbocycles. The number of anilines is 2. The van der Waals surface area contributed by atoms with Crippen molar-refractivity contribution in [2.45, 2.75) is 20.8 Å². The van der Waals surface area contributed by atoms with E-state index in [1.807, 2.05) is 32.0 Å². The van der Waals surface area contributed by atoms with Gasteiger partial charge >= 0.3 is 0 Å². The number of carbonyl (C=O) groups excluding carboxylic acids is 2. The Labute approximate surface area is 223 Å². The van der Waals surface area contributed by atoms with Gasteiger partial charge in [-0.3, -0.25) is 9.59 Å². The molecule has 0 radical (unpaired) electrons. The van der Waals surface area contributed by atoms with E-state index in [1.54, 1.807) is 31.2 Å². The number of amides is 2. The highest BCUT2D eigenvalue weighted by Gasteiger charge is 2.16. The van der Waals surface area contributed by atoms with Gasteiger partial charge in [0, 0.05) is 5.69 Å². The first kappa shape index (κ1) is 27.4. The summed E-state index contributed by atoms with van der Waals surface area (Å²) in [5, 5.41) is 14.8. The topological polar surface area (TPSA) is 100 Å². The molecule has 3 aromatic carbocycles. The standard InChI is InChI=1S/C28H25BrFN3O4/c1-4-36-25-14-19(12-20(15-31)28(35)33-23-10-9-17(2)11-18(23)3)13-21(29)27(25)37-16-26(34)32-24-8-6-5-7-22(24)30/h5-14H,4,16H2,1-3H3,(H,32,34)(H,33,35)/b20-12+. The number of para-hydroxylation sites is 1. The van der Waals surface area contributed by atoms with Crippen LogP contribution in [-0.2, 0) is 9.59 Å². The molecule has 2 N–H and O–H groups in total. The summed E-state index contributed by atoms with van der Waals surface area (Å²) in [5.74, 6) is -1.11. The largest absolute Gasteiger partial charge is 0.490 e. The number of carbonyl (C=O) groups is 2. The maximum absolute atomic E-state index is 13.8. The Morgan fingerprint density at radius 2 is 1.81 bits per heavy atom. The van der Waals surface area contributed by atoms with Crippen LogP contribution in [0.25, 0.3) is 6.08 Å². The first-order chi connectivity index (χ1) is 17.7. The van der Waals surface area contributed by atoms with Crippen LogP contribution in [0.4, 0.5) is 15.8 Å². The molecule has 0 spiro atoms. The molecule has 37 heavy (non-hydrogen) atoms. The maximum Gasteiger partial charge on any atom is 0.266 e. The molecule has 0 unspecified atom stereocenters. The number of nitrogens with one attached hydrogen (secondary N) is 2. The molecule has 3 rings (SSSR count). The van der Waals surface area contributed by atoms with E-state index in [0.717, 1.165) is 11.1 Å². The van der Waals surface area contributed by atoms with Crippen molar-refractivity contribution < 1.29 is 23.5 Å². The maximum atomic E-state index is 13.8. The molecule has 2 amide bonds. The molecule has 7 nitrogen and oxygen atoms in total. The van der Waals surface area contributed by atoms with E-state index >= 15 is 0 Å². The summed E-state index contributed by atoms with van der Waals surface area (Å²) < 4.78 is 25.6. The molecule has 0 saturated heterocycles. The van der Waals surface area contributed by atoms with Crippen molar-refractivity contribution in [2.75, 3.05) is 23.8 Å². The lowest BCUT2D eigenvalue weighted by Gasteiger charge is -2.15. The summed E-state index contributed by atoms with van der Waals surface area (Å²) in [6.07, 6.45) is 1.43. The number of rotatable bonds is 9. The van der Waals surface area contributed by atoms with E-state index < -0.39 is 24.2 Å². The Hall–Kier alpha value is -4.16. The van der Waals surface area contributed by atoms with Gasteiger partial charge in [-0.05, 0) is 84.2 Å². The summed E-state index contributed by atoms with van der Waals surface area (Å²) >= 11 is 3.41. The van der Waals surface area contributed by atoms with Crippen LogP contribution in [0.3, 0.4) is 0 Å². The molecule has 0 atom stereocenters. The average molecular weight is 566 g/mol. The minimum absolute atomic E-state index is 0.0452. The highest BCUT2D eigenvalue weighted by atomic mass is 79.9. The Kier molecular flexibility index (Phi) is 9.41. The smallest absolute Gasteiger partial charge is 0.266 e. The van der Waals surface area contributed by atoms with Crippen molar-refractivity contribution in [3.63, 3.8) is 0 Å². The van der Waals surface area contributed by atoms with Crippen LogP contribution in [-0.4, -0.2) is 25.0 Å². The normalized spacial score (nSPS) is 10.9. The van der Waals surface area contributed by atoms with Gasteiger partial charge in [0.15, 0.2) is 18.1 Å². The molecular formula is C28H25BrFN3O4. The summed E-state index contributed by atoms with van der Waals surface area (Å²) in [5.41, 5.74) is 3.01. The predicted molar refractivity (Wildman–Crippen MR) is 144 cm³/mol. The van der Waals surface area contributed by atoms with Crippen molar-refractivity contribution in [3.8, 4) is 17.6 Å². The number of ether oxygens (including phenoxy) is 2. The van der Waals surface area contributed by atoms with Gasteiger partial charge in [0.1, 0.15) is 17.5 Å². The number of benzene rings is 3. The molecule has 0 bridgehead atoms. The fourth-order valence-electron chi connectivity index (χ4n) is 3.42. The Balaban J connectivity index is 1.79. The minimum Gasteiger partial charge on any atom is -0.490 e. The molecule has 9 heteroatoms. The van der Waals surface area contributed by atoms with Crippen molar-refractivity contribution in [1.82, 2.24) is 0 Å². The summed E-state index contributed by atoms with van der Waals surface area (Å²) in [6, 6.07) is 16.6. The third-order valence-corrected chi connectivity index (χ3v) is 5.72. The van der Waals surface area contributed by atoms with Gasteiger partial charge in [-0.2, -0.15) is 5.26 Å². The molecule has 0 aromatic heterocycles. The summed E-state index contributed by atoms with van der Waals surface area (Å²) in [7, 11) is 0. The number of halogens is 2. The number of nitrogens with zero attached hydrogens (tertiary/aromatic N) is 1. The van der Waals surface area contributed by atoms with E-state index in [0.29, 0.717) is 28.1 Å². The second-order valence-corrected chi connectivity index (χ2v) is 8.88. The summed E-state index contributed by atoms with van der Waals surface area (Å²) in [4.78, 5) is 25.0. The van der Waals surface area contributed by atoms with Gasteiger partial charge in [0.2, 0.25) is 0 Å². The molecule has 0 heterocycles. The van der Waals surface area contributed by atoms with Crippen LogP contribution in [0.2, 0.25) is 0 Å². The van der Waals surface area contributed by atoms with Crippen LogP contribution in [0.1, 0.15) is 23.6 Å². The predicted octanol–water partition coefficient (Wildman–Crippen LogP) is 6.17. The van der Waals surface area contributed by atoms with Gasteiger partial charge in [0.25, 0.3) is 11.8 Å². The molecular weight excluding hydrogens is 541 g/mol. The molecule has 190 valence electrons. The van der Waals surface area contributed by atoms with Gasteiger partial charge in [-0.25, -0.2) is 4.39 Å². The minimum atomic E-state index is -0.557. The van der Waals surface area contributed by atoms with Crippen molar-refractivity contribution in [1.29, 1.82) is 5.26 Å². The monoisotopic (exact) mass is 565 g/mol. The second-order valence-electron chi connectivity index (χ2n) is 8.02. The molecule has 0 aliphatic rings. The van der Waals surface area contributed by atoms with Gasteiger partial charge in [-0.1, -0.05) is 29.8 Å². The third kappa shape index (κ3) is 7.41. The zero-order valence-corrected chi connectivity index (χ0v) is 22.1. The Morgan fingerprint density at radius 3 is 2.49 bits per heavy atom. The SMILES string of the molecule is CCOc1cc(/C=C(\C#N)C(=O)Nc2ccc(C)cc2C)cc(Br)c1OCC(=O)Nc1ccccc1F. The molecule has 3 aromatic rings. The van der Waals surface area contributed by atoms with Gasteiger partial charge in [0.05, 0.1) is 16.8 Å². The molecule has 0 fully saturated rings. The molecule has 0 aliphatic heterocycles. The van der Waals surface area contributed by atoms with Crippen molar-refractivity contribution >= 4 is 45.2 Å². The third-order valence-electron chi connectivity index (χ3n) is 5.13. The first-order valence-corrected chi connectivity index (χ1v) is 12.1. The summed E-state index contributed by atoms with van der Waals surface area (Å²) in [6.45, 7) is 5.51. The van der Waals surface area contributed by atoms with Gasteiger partial charge in [-0.15, -0.1) is 0 Å². The lowest BCUT2D eigenvalue weighted by Crippen LogP contribution is -2.21. The molecule has 0 saturated carbocycles. The Bertz CT molecular complexity index is 1400. The van der Waals surface area contributed by atoms with E-state index in [1.165, 1.54) is 24.3 Å². The zero-order valence-electron chi connectivity index (χ0n) is 20.5. The van der Waals surface area contributed by atoms with Crippen molar-refractivity contribution in [3.05, 3.63) is 87.2 Å². The lowest BCUT2D eigenvalue weighted by atomic mass is 10.1. The van der Waals surface area contributed by atoms with Crippen LogP contribution >= 0.6 is 15.9 Å². The fourth-order valence-corrected chi connectivity index (χ4v) is 3.99. The lowest BCUT2D eigenvalue weighted by molar-refractivity contribution is -0.118. The van der Waals surface area contributed by atoms with E-state index in [-0.39, 0.29) is 17.0 Å². The zero-order chi connectivity index (χ0) is 26.9. The van der Waals surface area contributed by atoms with Crippen LogP contribution < -0.4 is 20.1 Å². The first-order valence-electron chi connectivity index (χ1n) is 11.4. The van der Waals surface area contributed by atoms with Crippen LogP contribution in [0.15, 0.2) is 64.6 Å². The number of nitriles is 1. The van der Waals surface area contributed by atoms with Crippen LogP contribution in [0, 0.1) is 31.0 Å². The number of hydrogen-bond donors (Lipinski definition) is 2. The second kappa shape index (κ2) is 12.7. The van der Waals surface area contributed by atoms with Crippen molar-refractivity contribution in [2.24, 2.45) is 0 Å². The average Bonchev–Trinajstić information content (AvgIpc) is 2.85. The van der Waals surface area contributed by atoms with Crippen LogP contribution in [0.5, 0.6) is 11.5 Å². The number of aryl methyl sites for hydroxylation is 2. The highest BCUT2D eigenvalue weighted by Crippen LogP contribution is 2.37. The highest BCUT2D eigenvalue weighted by molar-refractivity contribution is 9.10. The fraction of sp³-hybridized carbons (Fsp3) is 0.179. The quantitative estimate of drug-likeness (QED) is 0.239. The van der Waals surface area contributed by atoms with E-state index in [4.69, 9.17) is 9.47 Å².